The number of carbonyl (C=O) groups excluding carboxylic acids is 2. The Hall–Kier alpha value is -1.06. The van der Waals surface area contributed by atoms with Crippen LogP contribution in [0.25, 0.3) is 0 Å². The maximum atomic E-state index is 12.2. The molecule has 0 aromatic rings. The van der Waals surface area contributed by atoms with Gasteiger partial charge in [-0.05, 0) is 18.8 Å². The smallest absolute Gasteiger partial charge is 0.243 e. The number of piperazine rings is 1. The average molecular weight is 252 g/mol. The van der Waals surface area contributed by atoms with Crippen molar-refractivity contribution in [2.75, 3.05) is 6.54 Å². The van der Waals surface area contributed by atoms with Gasteiger partial charge in [-0.15, -0.1) is 0 Å². The number of carbonyl (C=O) groups is 2. The van der Waals surface area contributed by atoms with E-state index in [2.05, 4.69) is 5.32 Å². The first-order valence-corrected chi connectivity index (χ1v) is 7.20. The van der Waals surface area contributed by atoms with Gasteiger partial charge in [0.05, 0.1) is 6.54 Å². The number of amides is 2. The Balaban J connectivity index is 2.18. The number of hydrogen-bond acceptors (Lipinski definition) is 2. The average Bonchev–Trinajstić information content (AvgIpc) is 2.59. The molecule has 1 unspecified atom stereocenters. The number of nitrogens with one attached hydrogen (secondary N) is 1. The quantitative estimate of drug-likeness (QED) is 0.760. The SMILES string of the molecule is CC(C)C1C(=O)NCC(=O)N1C1CCCCCC1. The second-order valence-corrected chi connectivity index (χ2v) is 5.85. The fourth-order valence-electron chi connectivity index (χ4n) is 3.23. The summed E-state index contributed by atoms with van der Waals surface area (Å²) in [5.74, 6) is 0.298. The van der Waals surface area contributed by atoms with Gasteiger partial charge in [0.25, 0.3) is 0 Å². The van der Waals surface area contributed by atoms with E-state index in [1.165, 1.54) is 25.7 Å². The number of rotatable bonds is 2. The van der Waals surface area contributed by atoms with Crippen molar-refractivity contribution in [2.45, 2.75) is 64.5 Å². The van der Waals surface area contributed by atoms with Crippen LogP contribution in [-0.4, -0.2) is 35.3 Å². The van der Waals surface area contributed by atoms with Gasteiger partial charge in [0.1, 0.15) is 6.04 Å². The molecule has 0 aromatic heterocycles. The molecule has 0 bridgehead atoms. The molecule has 1 saturated carbocycles. The maximum Gasteiger partial charge on any atom is 0.243 e. The molecule has 1 heterocycles. The van der Waals surface area contributed by atoms with E-state index in [9.17, 15) is 9.59 Å². The summed E-state index contributed by atoms with van der Waals surface area (Å²) >= 11 is 0. The number of nitrogens with zero attached hydrogens (tertiary/aromatic N) is 1. The Morgan fingerprint density at radius 2 is 1.72 bits per heavy atom. The molecule has 18 heavy (non-hydrogen) atoms. The highest BCUT2D eigenvalue weighted by atomic mass is 16.2. The van der Waals surface area contributed by atoms with Gasteiger partial charge in [0.2, 0.25) is 11.8 Å². The van der Waals surface area contributed by atoms with Crippen molar-refractivity contribution < 1.29 is 9.59 Å². The molecule has 2 amide bonds. The Labute approximate surface area is 109 Å². The summed E-state index contributed by atoms with van der Waals surface area (Å²) in [7, 11) is 0. The van der Waals surface area contributed by atoms with Crippen LogP contribution in [0.2, 0.25) is 0 Å². The lowest BCUT2D eigenvalue weighted by atomic mass is 9.95. The standard InChI is InChI=1S/C14H24N2O2/c1-10(2)13-14(18)15-9-12(17)16(13)11-7-5-3-4-6-8-11/h10-11,13H,3-9H2,1-2H3,(H,15,18). The Kier molecular flexibility index (Phi) is 4.25. The van der Waals surface area contributed by atoms with Crippen molar-refractivity contribution in [3.05, 3.63) is 0 Å². The topological polar surface area (TPSA) is 49.4 Å². The summed E-state index contributed by atoms with van der Waals surface area (Å²) in [6.07, 6.45) is 7.00. The van der Waals surface area contributed by atoms with Gasteiger partial charge >= 0.3 is 0 Å². The van der Waals surface area contributed by atoms with Gasteiger partial charge < -0.3 is 10.2 Å². The van der Waals surface area contributed by atoms with Crippen LogP contribution in [0.4, 0.5) is 0 Å². The van der Waals surface area contributed by atoms with E-state index < -0.39 is 0 Å². The maximum absolute atomic E-state index is 12.2. The minimum atomic E-state index is -0.269. The van der Waals surface area contributed by atoms with Gasteiger partial charge in [0, 0.05) is 6.04 Å². The van der Waals surface area contributed by atoms with E-state index in [1.54, 1.807) is 0 Å². The van der Waals surface area contributed by atoms with Crippen LogP contribution in [0.15, 0.2) is 0 Å². The third-order valence-electron chi connectivity index (χ3n) is 4.12. The van der Waals surface area contributed by atoms with Crippen LogP contribution in [0.5, 0.6) is 0 Å². The molecule has 2 aliphatic rings. The summed E-state index contributed by atoms with van der Waals surface area (Å²) < 4.78 is 0. The Morgan fingerprint density at radius 3 is 2.28 bits per heavy atom. The lowest BCUT2D eigenvalue weighted by Crippen LogP contribution is -2.63. The van der Waals surface area contributed by atoms with Crippen LogP contribution < -0.4 is 5.32 Å². The minimum Gasteiger partial charge on any atom is -0.345 e. The highest BCUT2D eigenvalue weighted by molar-refractivity contribution is 5.95. The van der Waals surface area contributed by atoms with E-state index in [1.807, 2.05) is 18.7 Å². The number of hydrogen-bond donors (Lipinski definition) is 1. The molecule has 2 fully saturated rings. The molecule has 1 saturated heterocycles. The zero-order valence-corrected chi connectivity index (χ0v) is 11.4. The lowest BCUT2D eigenvalue weighted by Gasteiger charge is -2.42. The largest absolute Gasteiger partial charge is 0.345 e. The molecule has 0 radical (unpaired) electrons. The first-order valence-electron chi connectivity index (χ1n) is 7.20. The summed E-state index contributed by atoms with van der Waals surface area (Å²) in [5, 5.41) is 2.72. The van der Waals surface area contributed by atoms with Crippen LogP contribution in [0, 0.1) is 5.92 Å². The van der Waals surface area contributed by atoms with Crippen LogP contribution in [0.1, 0.15) is 52.4 Å². The van der Waals surface area contributed by atoms with Crippen molar-refractivity contribution in [1.29, 1.82) is 0 Å². The molecule has 1 atom stereocenters. The van der Waals surface area contributed by atoms with E-state index in [0.717, 1.165) is 12.8 Å². The Morgan fingerprint density at radius 1 is 1.11 bits per heavy atom. The third-order valence-corrected chi connectivity index (χ3v) is 4.12. The molecule has 0 spiro atoms. The van der Waals surface area contributed by atoms with Gasteiger partial charge in [-0.1, -0.05) is 39.5 Å². The first kappa shape index (κ1) is 13.4. The van der Waals surface area contributed by atoms with Crippen LogP contribution >= 0.6 is 0 Å². The molecule has 1 aliphatic heterocycles. The summed E-state index contributed by atoms with van der Waals surface area (Å²) in [4.78, 5) is 26.1. The van der Waals surface area contributed by atoms with Gasteiger partial charge in [-0.25, -0.2) is 0 Å². The molecule has 2 rings (SSSR count). The van der Waals surface area contributed by atoms with Crippen molar-refractivity contribution in [2.24, 2.45) is 5.92 Å². The van der Waals surface area contributed by atoms with Crippen molar-refractivity contribution in [1.82, 2.24) is 10.2 Å². The molecular formula is C14H24N2O2. The van der Waals surface area contributed by atoms with Gasteiger partial charge in [-0.3, -0.25) is 9.59 Å². The van der Waals surface area contributed by atoms with Gasteiger partial charge in [-0.2, -0.15) is 0 Å². The predicted octanol–water partition coefficient (Wildman–Crippen LogP) is 1.69. The second kappa shape index (κ2) is 5.72. The zero-order chi connectivity index (χ0) is 13.1. The first-order chi connectivity index (χ1) is 8.61. The second-order valence-electron chi connectivity index (χ2n) is 5.85. The summed E-state index contributed by atoms with van der Waals surface area (Å²) in [5.41, 5.74) is 0. The van der Waals surface area contributed by atoms with E-state index >= 15 is 0 Å². The highest BCUT2D eigenvalue weighted by Crippen LogP contribution is 2.27. The molecule has 4 heteroatoms. The molecule has 0 aromatic carbocycles. The fourth-order valence-corrected chi connectivity index (χ4v) is 3.23. The zero-order valence-electron chi connectivity index (χ0n) is 11.4. The molecule has 4 nitrogen and oxygen atoms in total. The van der Waals surface area contributed by atoms with Gasteiger partial charge in [0.15, 0.2) is 0 Å². The van der Waals surface area contributed by atoms with Crippen LogP contribution in [-0.2, 0) is 9.59 Å². The van der Waals surface area contributed by atoms with Crippen LogP contribution in [0.3, 0.4) is 0 Å². The highest BCUT2D eigenvalue weighted by Gasteiger charge is 2.40. The molecular weight excluding hydrogens is 228 g/mol. The monoisotopic (exact) mass is 252 g/mol. The van der Waals surface area contributed by atoms with Crippen molar-refractivity contribution >= 4 is 11.8 Å². The van der Waals surface area contributed by atoms with E-state index in [0.29, 0.717) is 0 Å². The lowest BCUT2D eigenvalue weighted by molar-refractivity contribution is -0.150. The molecule has 102 valence electrons. The van der Waals surface area contributed by atoms with E-state index in [-0.39, 0.29) is 36.4 Å². The molecule has 1 N–H and O–H groups in total. The van der Waals surface area contributed by atoms with Crippen molar-refractivity contribution in [3.8, 4) is 0 Å². The van der Waals surface area contributed by atoms with E-state index in [4.69, 9.17) is 0 Å². The fraction of sp³-hybridized carbons (Fsp3) is 0.857. The van der Waals surface area contributed by atoms with Crippen molar-refractivity contribution in [3.63, 3.8) is 0 Å². The normalized spacial score (nSPS) is 27.3. The molecule has 1 aliphatic carbocycles. The third kappa shape index (κ3) is 2.68. The summed E-state index contributed by atoms with van der Waals surface area (Å²) in [6.45, 7) is 4.22. The summed E-state index contributed by atoms with van der Waals surface area (Å²) in [6, 6.07) is 0.00722. The predicted molar refractivity (Wildman–Crippen MR) is 70.0 cm³/mol. The minimum absolute atomic E-state index is 0.0221. The Bertz CT molecular complexity index is 320.